The summed E-state index contributed by atoms with van der Waals surface area (Å²) in [5.74, 6) is 2.90. The molecule has 0 spiro atoms. The lowest BCUT2D eigenvalue weighted by molar-refractivity contribution is 0.159. The van der Waals surface area contributed by atoms with E-state index in [0.717, 1.165) is 42.6 Å². The van der Waals surface area contributed by atoms with Crippen molar-refractivity contribution < 1.29 is 13.7 Å². The van der Waals surface area contributed by atoms with Crippen LogP contribution in [-0.2, 0) is 6.42 Å². The van der Waals surface area contributed by atoms with Crippen LogP contribution in [0.15, 0.2) is 59.1 Å². The van der Waals surface area contributed by atoms with Gasteiger partial charge in [0.15, 0.2) is 5.82 Å². The molecule has 2 aromatic carbocycles. The van der Waals surface area contributed by atoms with Crippen LogP contribution in [0.2, 0.25) is 0 Å². The first-order valence-corrected chi connectivity index (χ1v) is 11.6. The van der Waals surface area contributed by atoms with E-state index in [0.29, 0.717) is 30.0 Å². The molecular weight excluding hydrogens is 417 g/mol. The van der Waals surface area contributed by atoms with Gasteiger partial charge < -0.3 is 14.2 Å². The lowest BCUT2D eigenvalue weighted by Gasteiger charge is -2.37. The Hall–Kier alpha value is -2.99. The summed E-state index contributed by atoms with van der Waals surface area (Å²) in [6.45, 7) is 0. The first-order valence-electron chi connectivity index (χ1n) is 11.6. The fourth-order valence-electron chi connectivity index (χ4n) is 4.89. The summed E-state index contributed by atoms with van der Waals surface area (Å²) in [5.41, 5.74) is 2.17. The molecule has 1 aromatic heterocycles. The van der Waals surface area contributed by atoms with E-state index >= 15 is 0 Å². The number of rotatable bonds is 8. The Morgan fingerprint density at radius 3 is 2.55 bits per heavy atom. The first-order chi connectivity index (χ1) is 16.0. The van der Waals surface area contributed by atoms with Crippen molar-refractivity contribution in [2.24, 2.45) is 11.8 Å². The van der Waals surface area contributed by atoms with Crippen LogP contribution >= 0.6 is 0 Å². The standard InChI is InChI=1S/C27H32FN3O2/c1-31(2)27(22-5-4-6-23(28)18-22)21-12-7-19(8-13-21)11-16-26-29-25(30-33-26)17-20-9-14-24(32-3)15-10-20/h4-6,9-11,14-16,18-19,21,27H,7-8,12-13,17H2,1-3H3. The molecule has 0 aliphatic heterocycles. The third kappa shape index (κ3) is 6.08. The highest BCUT2D eigenvalue weighted by Crippen LogP contribution is 2.40. The number of ether oxygens (including phenoxy) is 1. The fourth-order valence-corrected chi connectivity index (χ4v) is 4.89. The minimum absolute atomic E-state index is 0.165. The lowest BCUT2D eigenvalue weighted by Crippen LogP contribution is -2.30. The number of allylic oxidation sites excluding steroid dienone is 1. The van der Waals surface area contributed by atoms with Gasteiger partial charge in [0.2, 0.25) is 5.89 Å². The summed E-state index contributed by atoms with van der Waals surface area (Å²) in [6, 6.07) is 15.2. The summed E-state index contributed by atoms with van der Waals surface area (Å²) in [6.07, 6.45) is 9.21. The zero-order valence-electron chi connectivity index (χ0n) is 19.6. The second-order valence-corrected chi connectivity index (χ2v) is 9.07. The second-order valence-electron chi connectivity index (χ2n) is 9.07. The molecule has 0 bridgehead atoms. The number of aromatic nitrogens is 2. The maximum atomic E-state index is 13.8. The van der Waals surface area contributed by atoms with Gasteiger partial charge in [-0.15, -0.1) is 0 Å². The van der Waals surface area contributed by atoms with Crippen molar-refractivity contribution in [3.8, 4) is 5.75 Å². The van der Waals surface area contributed by atoms with E-state index in [1.807, 2.05) is 42.5 Å². The highest BCUT2D eigenvalue weighted by atomic mass is 19.1. The van der Waals surface area contributed by atoms with E-state index in [4.69, 9.17) is 9.26 Å². The molecular formula is C27H32FN3O2. The van der Waals surface area contributed by atoms with Crippen LogP contribution in [0.5, 0.6) is 5.75 Å². The van der Waals surface area contributed by atoms with Crippen LogP contribution in [0.25, 0.3) is 6.08 Å². The smallest absolute Gasteiger partial charge is 0.250 e. The third-order valence-corrected chi connectivity index (χ3v) is 6.53. The number of halogens is 1. The molecule has 1 aliphatic carbocycles. The summed E-state index contributed by atoms with van der Waals surface area (Å²) in [5, 5.41) is 4.11. The summed E-state index contributed by atoms with van der Waals surface area (Å²) < 4.78 is 24.4. The Kier molecular flexibility index (Phi) is 7.55. The van der Waals surface area contributed by atoms with Crippen molar-refractivity contribution in [1.29, 1.82) is 0 Å². The van der Waals surface area contributed by atoms with Crippen molar-refractivity contribution in [1.82, 2.24) is 15.0 Å². The molecule has 6 heteroatoms. The minimum Gasteiger partial charge on any atom is -0.497 e. The lowest BCUT2D eigenvalue weighted by atomic mass is 9.76. The summed E-state index contributed by atoms with van der Waals surface area (Å²) >= 11 is 0. The molecule has 1 atom stereocenters. The molecule has 1 unspecified atom stereocenters. The normalized spacial score (nSPS) is 19.8. The highest BCUT2D eigenvalue weighted by molar-refractivity contribution is 5.38. The van der Waals surface area contributed by atoms with Crippen LogP contribution in [0.4, 0.5) is 4.39 Å². The van der Waals surface area contributed by atoms with E-state index in [2.05, 4.69) is 35.2 Å². The fraction of sp³-hybridized carbons (Fsp3) is 0.407. The van der Waals surface area contributed by atoms with Crippen molar-refractivity contribution in [2.75, 3.05) is 21.2 Å². The van der Waals surface area contributed by atoms with Gasteiger partial charge in [-0.25, -0.2) is 4.39 Å². The topological polar surface area (TPSA) is 51.4 Å². The number of methoxy groups -OCH3 is 1. The molecule has 33 heavy (non-hydrogen) atoms. The summed E-state index contributed by atoms with van der Waals surface area (Å²) in [7, 11) is 5.82. The van der Waals surface area contributed by atoms with E-state index in [1.54, 1.807) is 13.2 Å². The molecule has 1 saturated carbocycles. The zero-order valence-corrected chi connectivity index (χ0v) is 19.6. The first kappa shape index (κ1) is 23.2. The number of benzene rings is 2. The molecule has 0 radical (unpaired) electrons. The number of hydrogen-bond acceptors (Lipinski definition) is 5. The average molecular weight is 450 g/mol. The number of hydrogen-bond donors (Lipinski definition) is 0. The molecule has 1 aliphatic rings. The zero-order chi connectivity index (χ0) is 23.2. The molecule has 0 saturated heterocycles. The van der Waals surface area contributed by atoms with Crippen LogP contribution in [-0.4, -0.2) is 36.2 Å². The molecule has 0 amide bonds. The van der Waals surface area contributed by atoms with Crippen molar-refractivity contribution in [3.63, 3.8) is 0 Å². The number of nitrogens with zero attached hydrogens (tertiary/aromatic N) is 3. The molecule has 3 aromatic rings. The third-order valence-electron chi connectivity index (χ3n) is 6.53. The van der Waals surface area contributed by atoms with Gasteiger partial charge in [-0.3, -0.25) is 0 Å². The van der Waals surface area contributed by atoms with Crippen molar-refractivity contribution in [2.45, 2.75) is 38.1 Å². The van der Waals surface area contributed by atoms with Crippen LogP contribution < -0.4 is 4.74 Å². The molecule has 5 nitrogen and oxygen atoms in total. The minimum atomic E-state index is -0.165. The van der Waals surface area contributed by atoms with Gasteiger partial charge in [-0.1, -0.05) is 35.5 Å². The predicted octanol–water partition coefficient (Wildman–Crippen LogP) is 5.93. The molecule has 0 N–H and O–H groups in total. The average Bonchev–Trinajstić information content (AvgIpc) is 3.26. The van der Waals surface area contributed by atoms with Crippen molar-refractivity contribution in [3.05, 3.63) is 83.3 Å². The highest BCUT2D eigenvalue weighted by Gasteiger charge is 2.29. The van der Waals surface area contributed by atoms with Crippen LogP contribution in [0.3, 0.4) is 0 Å². The van der Waals surface area contributed by atoms with E-state index in [9.17, 15) is 4.39 Å². The van der Waals surface area contributed by atoms with Gasteiger partial charge in [0.05, 0.1) is 7.11 Å². The van der Waals surface area contributed by atoms with Gasteiger partial charge in [0.1, 0.15) is 11.6 Å². The Morgan fingerprint density at radius 2 is 1.88 bits per heavy atom. The van der Waals surface area contributed by atoms with Crippen LogP contribution in [0.1, 0.15) is 54.6 Å². The Morgan fingerprint density at radius 1 is 1.12 bits per heavy atom. The molecule has 174 valence electrons. The predicted molar refractivity (Wildman–Crippen MR) is 127 cm³/mol. The SMILES string of the molecule is COc1ccc(Cc2noc(C=CC3CCC(C(c4cccc(F)c4)N(C)C)CC3)n2)cc1. The molecule has 1 heterocycles. The Labute approximate surface area is 195 Å². The van der Waals surface area contributed by atoms with Crippen LogP contribution in [0, 0.1) is 17.7 Å². The van der Waals surface area contributed by atoms with E-state index in [-0.39, 0.29) is 11.9 Å². The van der Waals surface area contributed by atoms with Gasteiger partial charge >= 0.3 is 0 Å². The van der Waals surface area contributed by atoms with E-state index < -0.39 is 0 Å². The molecule has 1 fully saturated rings. The maximum Gasteiger partial charge on any atom is 0.250 e. The van der Waals surface area contributed by atoms with Gasteiger partial charge in [0.25, 0.3) is 0 Å². The maximum absolute atomic E-state index is 13.8. The van der Waals surface area contributed by atoms with Crippen molar-refractivity contribution >= 4 is 6.08 Å². The van der Waals surface area contributed by atoms with Gasteiger partial charge in [-0.05, 0) is 93.1 Å². The largest absolute Gasteiger partial charge is 0.497 e. The molecule has 4 rings (SSSR count). The summed E-state index contributed by atoms with van der Waals surface area (Å²) in [4.78, 5) is 6.73. The monoisotopic (exact) mass is 449 g/mol. The quantitative estimate of drug-likeness (QED) is 0.427. The second kappa shape index (κ2) is 10.8. The van der Waals surface area contributed by atoms with Gasteiger partial charge in [-0.2, -0.15) is 4.98 Å². The Bertz CT molecular complexity index is 1050. The van der Waals surface area contributed by atoms with E-state index in [1.165, 1.54) is 6.07 Å². The Balaban J connectivity index is 1.32. The van der Waals surface area contributed by atoms with Gasteiger partial charge in [0, 0.05) is 12.5 Å².